The van der Waals surface area contributed by atoms with Gasteiger partial charge >= 0.3 is 0 Å². The fourth-order valence-electron chi connectivity index (χ4n) is 3.47. The lowest BCUT2D eigenvalue weighted by atomic mass is 9.99. The fraction of sp³-hybridized carbons (Fsp3) is 0.619. The van der Waals surface area contributed by atoms with Gasteiger partial charge in [0, 0.05) is 0 Å². The fourth-order valence-corrected chi connectivity index (χ4v) is 3.47. The number of ether oxygens (including phenoxy) is 5. The zero-order valence-electron chi connectivity index (χ0n) is 17.7. The van der Waals surface area contributed by atoms with Crippen LogP contribution in [0.4, 0.5) is 0 Å². The molecule has 32 heavy (non-hydrogen) atoms. The van der Waals surface area contributed by atoms with Crippen molar-refractivity contribution in [2.24, 2.45) is 0 Å². The van der Waals surface area contributed by atoms with Crippen molar-refractivity contribution in [2.45, 2.75) is 62.2 Å². The Balaban J connectivity index is 1.70. The van der Waals surface area contributed by atoms with E-state index in [4.69, 9.17) is 23.7 Å². The Morgan fingerprint density at radius 3 is 2.34 bits per heavy atom. The minimum atomic E-state index is -1.61. The lowest BCUT2D eigenvalue weighted by Crippen LogP contribution is -2.61. The van der Waals surface area contributed by atoms with E-state index in [9.17, 15) is 30.6 Å². The molecule has 0 amide bonds. The molecule has 1 aromatic carbocycles. The van der Waals surface area contributed by atoms with Gasteiger partial charge in [0.1, 0.15) is 42.7 Å². The minimum absolute atomic E-state index is 0.249. The molecule has 0 aromatic heterocycles. The summed E-state index contributed by atoms with van der Waals surface area (Å²) in [7, 11) is 1.45. The van der Waals surface area contributed by atoms with Crippen LogP contribution in [-0.2, 0) is 14.2 Å². The Kier molecular flexibility index (Phi) is 8.44. The molecule has 3 rings (SSSR count). The Hall–Kier alpha value is -1.80. The third-order valence-corrected chi connectivity index (χ3v) is 5.34. The average Bonchev–Trinajstić information content (AvgIpc) is 2.78. The van der Waals surface area contributed by atoms with E-state index in [1.165, 1.54) is 7.11 Å². The second kappa shape index (κ2) is 10.9. The van der Waals surface area contributed by atoms with Gasteiger partial charge in [-0.2, -0.15) is 0 Å². The first-order valence-corrected chi connectivity index (χ1v) is 10.2. The van der Waals surface area contributed by atoms with Crippen molar-refractivity contribution in [1.82, 2.24) is 0 Å². The SMILES string of the molecule is CC=Cc1ccc(OC)c(O[C@H]2O[C@H](CO[C@H]3OC[C@H](O)[C@H](O)[C@H]3O)[C@@H](O)[C@H](O)[C@H]2O)c1. The van der Waals surface area contributed by atoms with Gasteiger partial charge in [-0.1, -0.05) is 18.2 Å². The van der Waals surface area contributed by atoms with Gasteiger partial charge in [0.05, 0.1) is 20.3 Å². The van der Waals surface area contributed by atoms with E-state index in [1.807, 2.05) is 19.1 Å². The molecule has 0 saturated carbocycles. The number of hydrogen-bond acceptors (Lipinski definition) is 11. The van der Waals surface area contributed by atoms with Gasteiger partial charge in [0.2, 0.25) is 6.29 Å². The van der Waals surface area contributed by atoms with Crippen LogP contribution in [0.15, 0.2) is 24.3 Å². The number of hydrogen-bond donors (Lipinski definition) is 6. The molecule has 2 saturated heterocycles. The van der Waals surface area contributed by atoms with Gasteiger partial charge in [-0.15, -0.1) is 0 Å². The second-order valence-corrected chi connectivity index (χ2v) is 7.63. The molecular formula is C21H30O11. The molecule has 2 heterocycles. The molecule has 2 aliphatic heterocycles. The van der Waals surface area contributed by atoms with Crippen molar-refractivity contribution >= 4 is 6.08 Å². The summed E-state index contributed by atoms with van der Waals surface area (Å²) in [5.74, 6) is 0.618. The minimum Gasteiger partial charge on any atom is -0.493 e. The summed E-state index contributed by atoms with van der Waals surface area (Å²) in [5, 5.41) is 60.2. The normalized spacial score (nSPS) is 38.1. The van der Waals surface area contributed by atoms with Crippen molar-refractivity contribution in [3.63, 3.8) is 0 Å². The van der Waals surface area contributed by atoms with E-state index < -0.39 is 55.3 Å². The van der Waals surface area contributed by atoms with Gasteiger partial charge in [-0.05, 0) is 24.6 Å². The number of benzene rings is 1. The largest absolute Gasteiger partial charge is 0.493 e. The van der Waals surface area contributed by atoms with Crippen LogP contribution in [0.25, 0.3) is 6.08 Å². The Labute approximate surface area is 185 Å². The maximum Gasteiger partial charge on any atom is 0.229 e. The Bertz CT molecular complexity index is 772. The molecule has 11 heteroatoms. The number of allylic oxidation sites excluding steroid dienone is 1. The van der Waals surface area contributed by atoms with E-state index >= 15 is 0 Å². The van der Waals surface area contributed by atoms with E-state index in [2.05, 4.69) is 0 Å². The maximum atomic E-state index is 10.4. The third-order valence-electron chi connectivity index (χ3n) is 5.34. The quantitative estimate of drug-likeness (QED) is 0.278. The van der Waals surface area contributed by atoms with E-state index in [-0.39, 0.29) is 19.0 Å². The summed E-state index contributed by atoms with van der Waals surface area (Å²) in [6.07, 6.45) is -9.13. The van der Waals surface area contributed by atoms with E-state index in [0.717, 1.165) is 5.56 Å². The maximum absolute atomic E-state index is 10.4. The topological polar surface area (TPSA) is 168 Å². The van der Waals surface area contributed by atoms with Crippen LogP contribution in [0.5, 0.6) is 11.5 Å². The smallest absolute Gasteiger partial charge is 0.229 e. The summed E-state index contributed by atoms with van der Waals surface area (Å²) in [4.78, 5) is 0. The zero-order valence-corrected chi connectivity index (χ0v) is 17.7. The summed E-state index contributed by atoms with van der Waals surface area (Å²) in [5.41, 5.74) is 0.804. The van der Waals surface area contributed by atoms with Gasteiger partial charge in [-0.3, -0.25) is 0 Å². The predicted octanol–water partition coefficient (Wildman–Crippen LogP) is -1.63. The highest BCUT2D eigenvalue weighted by Gasteiger charge is 2.46. The highest BCUT2D eigenvalue weighted by Crippen LogP contribution is 2.32. The third kappa shape index (κ3) is 5.39. The molecule has 0 unspecified atom stereocenters. The van der Waals surface area contributed by atoms with Gasteiger partial charge in [0.15, 0.2) is 17.8 Å². The average molecular weight is 458 g/mol. The molecule has 2 aliphatic rings. The molecule has 9 atom stereocenters. The lowest BCUT2D eigenvalue weighted by Gasteiger charge is -2.41. The van der Waals surface area contributed by atoms with Crippen molar-refractivity contribution in [2.75, 3.05) is 20.3 Å². The molecule has 0 bridgehead atoms. The number of methoxy groups -OCH3 is 1. The highest BCUT2D eigenvalue weighted by atomic mass is 16.7. The standard InChI is InChI=1S/C21H30O11/c1-3-4-10-5-6-12(28-2)13(7-10)31-21-19(27)17(25)16(24)14(32-21)9-30-20-18(26)15(23)11(22)8-29-20/h3-7,11,14-27H,8-9H2,1-2H3/t11-,14+,15-,16+,17-,18+,19+,20+,21-/m0/s1. The van der Waals surface area contributed by atoms with E-state index in [0.29, 0.717) is 5.75 Å². The monoisotopic (exact) mass is 458 g/mol. The molecular weight excluding hydrogens is 428 g/mol. The molecule has 6 N–H and O–H groups in total. The Morgan fingerprint density at radius 2 is 1.66 bits per heavy atom. The van der Waals surface area contributed by atoms with Gasteiger partial charge < -0.3 is 54.3 Å². The molecule has 0 radical (unpaired) electrons. The predicted molar refractivity (Wildman–Crippen MR) is 109 cm³/mol. The van der Waals surface area contributed by atoms with Crippen LogP contribution >= 0.6 is 0 Å². The molecule has 0 aliphatic carbocycles. The summed E-state index contributed by atoms with van der Waals surface area (Å²) in [6, 6.07) is 5.14. The van der Waals surface area contributed by atoms with Crippen molar-refractivity contribution < 1.29 is 54.3 Å². The first kappa shape index (κ1) is 24.8. The highest BCUT2D eigenvalue weighted by molar-refractivity contribution is 5.55. The molecule has 0 spiro atoms. The van der Waals surface area contributed by atoms with Crippen LogP contribution in [0.3, 0.4) is 0 Å². The Morgan fingerprint density at radius 1 is 0.938 bits per heavy atom. The summed E-state index contributed by atoms with van der Waals surface area (Å²) in [6.45, 7) is 1.23. The van der Waals surface area contributed by atoms with Gasteiger partial charge in [0.25, 0.3) is 0 Å². The number of rotatable bonds is 7. The van der Waals surface area contributed by atoms with Crippen LogP contribution in [0.2, 0.25) is 0 Å². The van der Waals surface area contributed by atoms with Crippen LogP contribution < -0.4 is 9.47 Å². The summed E-state index contributed by atoms with van der Waals surface area (Å²) < 4.78 is 27.2. The number of aliphatic hydroxyl groups excluding tert-OH is 6. The van der Waals surface area contributed by atoms with Crippen LogP contribution in [0, 0.1) is 0 Å². The van der Waals surface area contributed by atoms with Crippen LogP contribution in [-0.4, -0.2) is 106 Å². The first-order valence-electron chi connectivity index (χ1n) is 10.2. The van der Waals surface area contributed by atoms with Crippen LogP contribution in [0.1, 0.15) is 12.5 Å². The van der Waals surface area contributed by atoms with Crippen molar-refractivity contribution in [3.8, 4) is 11.5 Å². The number of aliphatic hydroxyl groups is 6. The molecule has 180 valence electrons. The first-order chi connectivity index (χ1) is 15.3. The van der Waals surface area contributed by atoms with Gasteiger partial charge in [-0.25, -0.2) is 0 Å². The zero-order chi connectivity index (χ0) is 23.4. The molecule has 2 fully saturated rings. The van der Waals surface area contributed by atoms with E-state index in [1.54, 1.807) is 18.2 Å². The lowest BCUT2D eigenvalue weighted by molar-refractivity contribution is -0.307. The van der Waals surface area contributed by atoms with Crippen molar-refractivity contribution in [3.05, 3.63) is 29.8 Å². The molecule has 1 aromatic rings. The molecule has 11 nitrogen and oxygen atoms in total. The summed E-state index contributed by atoms with van der Waals surface area (Å²) >= 11 is 0. The van der Waals surface area contributed by atoms with Crippen molar-refractivity contribution in [1.29, 1.82) is 0 Å². The second-order valence-electron chi connectivity index (χ2n) is 7.63.